The molecule has 3 N–H and O–H groups in total. The van der Waals surface area contributed by atoms with Gasteiger partial charge in [-0.05, 0) is 117 Å². The van der Waals surface area contributed by atoms with Gasteiger partial charge >= 0.3 is 0 Å². The zero-order chi connectivity index (χ0) is 24.6. The highest BCUT2D eigenvalue weighted by molar-refractivity contribution is 5.84. The van der Waals surface area contributed by atoms with E-state index in [1.165, 1.54) is 64.0 Å². The van der Waals surface area contributed by atoms with Crippen LogP contribution < -0.4 is 5.73 Å². The Morgan fingerprint density at radius 2 is 1.76 bits per heavy atom. The summed E-state index contributed by atoms with van der Waals surface area (Å²) in [5, 5.41) is 7.00. The molecule has 4 heteroatoms. The van der Waals surface area contributed by atoms with Gasteiger partial charge in [-0.3, -0.25) is 9.79 Å². The van der Waals surface area contributed by atoms with Crippen molar-refractivity contribution in [2.45, 2.75) is 98.8 Å². The molecule has 0 amide bonds. The fourth-order valence-corrected chi connectivity index (χ4v) is 8.21. The van der Waals surface area contributed by atoms with Crippen LogP contribution in [0.5, 0.6) is 0 Å². The molecule has 0 aromatic heterocycles. The van der Waals surface area contributed by atoms with Gasteiger partial charge in [0.05, 0.1) is 6.54 Å². The van der Waals surface area contributed by atoms with E-state index < -0.39 is 0 Å². The molecular formula is C29H54N2O2. The summed E-state index contributed by atoms with van der Waals surface area (Å²) in [6, 6.07) is 0. The lowest BCUT2D eigenvalue weighted by atomic mass is 9.49. The summed E-state index contributed by atoms with van der Waals surface area (Å²) < 4.78 is 0. The minimum Gasteiger partial charge on any atom is -0.404 e. The van der Waals surface area contributed by atoms with Crippen LogP contribution in [0.2, 0.25) is 0 Å². The molecule has 0 heterocycles. The van der Waals surface area contributed by atoms with E-state index in [0.717, 1.165) is 54.6 Å². The van der Waals surface area contributed by atoms with Crippen molar-refractivity contribution < 1.29 is 11.3 Å². The zero-order valence-electron chi connectivity index (χ0n) is 22.4. The van der Waals surface area contributed by atoms with Crippen molar-refractivity contribution in [2.75, 3.05) is 13.7 Å². The minimum absolute atomic E-state index is 0. The molecule has 0 aromatic carbocycles. The van der Waals surface area contributed by atoms with Crippen LogP contribution in [0.4, 0.5) is 0 Å². The number of rotatable bonds is 5. The van der Waals surface area contributed by atoms with Crippen LogP contribution in [0.25, 0.3) is 0 Å². The highest BCUT2D eigenvalue weighted by Gasteiger charge is 2.56. The summed E-state index contributed by atoms with van der Waals surface area (Å²) in [5.41, 5.74) is 6.78. The molecule has 4 nitrogen and oxygen atoms in total. The monoisotopic (exact) mass is 462 g/mol. The average molecular weight is 463 g/mol. The second-order valence-corrected chi connectivity index (χ2v) is 11.3. The van der Waals surface area contributed by atoms with E-state index in [1.54, 1.807) is 6.21 Å². The number of nitrogens with zero attached hydrogens (tertiary/aromatic N) is 1. The van der Waals surface area contributed by atoms with E-state index in [2.05, 4.69) is 18.8 Å². The summed E-state index contributed by atoms with van der Waals surface area (Å²) in [5.74, 6) is 6.68. The number of fused-ring (bicyclic) bond motifs is 5. The third kappa shape index (κ3) is 6.29. The number of carbonyl (C=O) groups excluding carboxylic acids is 1. The maximum Gasteiger partial charge on any atom is 0.154 e. The van der Waals surface area contributed by atoms with Gasteiger partial charge < -0.3 is 10.8 Å². The van der Waals surface area contributed by atoms with Crippen LogP contribution in [0.15, 0.2) is 16.8 Å². The van der Waals surface area contributed by atoms with Crippen molar-refractivity contribution in [1.82, 2.24) is 0 Å². The number of nitrogens with two attached hydrogens (primary N) is 1. The van der Waals surface area contributed by atoms with Crippen molar-refractivity contribution in [3.8, 4) is 0 Å². The lowest BCUT2D eigenvalue weighted by molar-refractivity contribution is -0.120. The second kappa shape index (κ2) is 13.1. The molecule has 192 valence electrons. The number of hydrogen-bond acceptors (Lipinski definition) is 4. The van der Waals surface area contributed by atoms with Gasteiger partial charge in [0.2, 0.25) is 0 Å². The van der Waals surface area contributed by atoms with Crippen molar-refractivity contribution in [3.63, 3.8) is 0 Å². The number of aliphatic imine (C=N–C) groups is 1. The Kier molecular flexibility index (Phi) is 11.1. The first kappa shape index (κ1) is 28.1. The zero-order valence-corrected chi connectivity index (χ0v) is 22.4. The summed E-state index contributed by atoms with van der Waals surface area (Å²) in [7, 11) is 1.00. The highest BCUT2D eigenvalue weighted by Crippen LogP contribution is 2.64. The lowest BCUT2D eigenvalue weighted by Gasteiger charge is -2.56. The SMILES string of the molecule is C/C(C=NCC(=O)CC1CCC2C3CCC4CC(C)CCC4C3CCC12C)=C/N.CC.CO.[HH]. The summed E-state index contributed by atoms with van der Waals surface area (Å²) in [4.78, 5) is 16.9. The van der Waals surface area contributed by atoms with Crippen molar-refractivity contribution in [2.24, 2.45) is 57.6 Å². The van der Waals surface area contributed by atoms with Gasteiger partial charge in [-0.2, -0.15) is 0 Å². The average Bonchev–Trinajstić information content (AvgIpc) is 3.17. The predicted octanol–water partition coefficient (Wildman–Crippen LogP) is 6.66. The first-order valence-corrected chi connectivity index (χ1v) is 13.8. The first-order chi connectivity index (χ1) is 15.9. The van der Waals surface area contributed by atoms with Crippen LogP contribution >= 0.6 is 0 Å². The van der Waals surface area contributed by atoms with E-state index >= 15 is 0 Å². The topological polar surface area (TPSA) is 75.7 Å². The molecule has 4 aliphatic rings. The molecule has 4 saturated carbocycles. The lowest BCUT2D eigenvalue weighted by Crippen LogP contribution is -2.48. The Labute approximate surface area is 205 Å². The Bertz CT molecular complexity index is 679. The molecule has 4 rings (SSSR count). The number of hydrogen-bond donors (Lipinski definition) is 2. The largest absolute Gasteiger partial charge is 0.404 e. The quantitative estimate of drug-likeness (QED) is 0.448. The van der Waals surface area contributed by atoms with E-state index in [-0.39, 0.29) is 1.43 Å². The molecule has 0 spiro atoms. The maximum absolute atomic E-state index is 12.6. The number of ketones is 1. The van der Waals surface area contributed by atoms with E-state index in [9.17, 15) is 4.79 Å². The molecule has 8 unspecified atom stereocenters. The van der Waals surface area contributed by atoms with Crippen LogP contribution in [-0.2, 0) is 4.79 Å². The third-order valence-corrected chi connectivity index (χ3v) is 9.71. The minimum atomic E-state index is 0. The fraction of sp³-hybridized carbons (Fsp3) is 0.862. The van der Waals surface area contributed by atoms with Gasteiger partial charge in [-0.25, -0.2) is 0 Å². The fourth-order valence-electron chi connectivity index (χ4n) is 8.21. The Hall–Kier alpha value is -1.16. The Balaban J connectivity index is 0.00000110. The molecule has 0 aromatic rings. The first-order valence-electron chi connectivity index (χ1n) is 13.8. The number of Topliss-reactive ketones (excluding diaryl/α,β-unsaturated/α-hetero) is 1. The molecule has 0 radical (unpaired) electrons. The van der Waals surface area contributed by atoms with Gasteiger partial charge in [0.25, 0.3) is 0 Å². The molecule has 4 fully saturated rings. The normalized spacial score (nSPS) is 39.8. The van der Waals surface area contributed by atoms with Crippen molar-refractivity contribution in [1.29, 1.82) is 0 Å². The predicted molar refractivity (Wildman–Crippen MR) is 142 cm³/mol. The number of aliphatic hydroxyl groups is 1. The van der Waals surface area contributed by atoms with Crippen molar-refractivity contribution >= 4 is 12.0 Å². The third-order valence-electron chi connectivity index (χ3n) is 9.71. The summed E-state index contributed by atoms with van der Waals surface area (Å²) >= 11 is 0. The Morgan fingerprint density at radius 3 is 2.45 bits per heavy atom. The highest BCUT2D eigenvalue weighted by atomic mass is 16.2. The maximum atomic E-state index is 12.6. The molecule has 4 aliphatic carbocycles. The van der Waals surface area contributed by atoms with E-state index in [1.807, 2.05) is 20.8 Å². The smallest absolute Gasteiger partial charge is 0.154 e. The summed E-state index contributed by atoms with van der Waals surface area (Å²) in [6.45, 7) is 11.2. The molecular weight excluding hydrogens is 408 g/mol. The van der Waals surface area contributed by atoms with Crippen LogP contribution in [0, 0.1) is 46.8 Å². The number of carbonyl (C=O) groups is 1. The van der Waals surface area contributed by atoms with Crippen LogP contribution in [0.3, 0.4) is 0 Å². The van der Waals surface area contributed by atoms with E-state index in [4.69, 9.17) is 10.8 Å². The number of aliphatic hydroxyl groups excluding tert-OH is 1. The van der Waals surface area contributed by atoms with Gasteiger partial charge in [-0.1, -0.05) is 34.1 Å². The molecule has 0 bridgehead atoms. The van der Waals surface area contributed by atoms with Gasteiger partial charge in [0.1, 0.15) is 0 Å². The van der Waals surface area contributed by atoms with Gasteiger partial charge in [0, 0.05) is 21.2 Å². The van der Waals surface area contributed by atoms with Crippen LogP contribution in [-0.4, -0.2) is 30.8 Å². The Morgan fingerprint density at radius 1 is 1.06 bits per heavy atom. The second-order valence-electron chi connectivity index (χ2n) is 11.3. The van der Waals surface area contributed by atoms with Crippen molar-refractivity contribution in [3.05, 3.63) is 11.8 Å². The summed E-state index contributed by atoms with van der Waals surface area (Å²) in [6.07, 6.45) is 16.8. The molecule has 8 atom stereocenters. The van der Waals surface area contributed by atoms with Crippen LogP contribution in [0.1, 0.15) is 100 Å². The van der Waals surface area contributed by atoms with E-state index in [0.29, 0.717) is 23.7 Å². The molecule has 0 aliphatic heterocycles. The molecule has 0 saturated heterocycles. The van der Waals surface area contributed by atoms with Gasteiger partial charge in [0.15, 0.2) is 5.78 Å². The number of allylic oxidation sites excluding steroid dienone is 1. The van der Waals surface area contributed by atoms with Gasteiger partial charge in [-0.15, -0.1) is 0 Å². The molecule has 33 heavy (non-hydrogen) atoms. The standard InChI is InChI=1S/C26H42N2O.C2H6.CH4O.H2/c1-17-4-7-22-19(12-17)5-8-24-23(22)10-11-26(3)20(6-9-25(24)26)13-21(29)16-28-15-18(2)14-27;2*1-2;/h14-15,17,19-20,22-25H,4-13,16,27H2,1-3H3;1-2H3;2H,1H3;1H/b18-14-,28-15?;;;.